The van der Waals surface area contributed by atoms with Gasteiger partial charge in [-0.3, -0.25) is 0 Å². The minimum Gasteiger partial charge on any atom is -0.308 e. The molecule has 0 radical (unpaired) electrons. The van der Waals surface area contributed by atoms with Crippen LogP contribution in [-0.2, 0) is 0 Å². The molecule has 1 aliphatic rings. The van der Waals surface area contributed by atoms with Crippen molar-refractivity contribution in [3.8, 4) is 0 Å². The molecule has 2 nitrogen and oxygen atoms in total. The van der Waals surface area contributed by atoms with Gasteiger partial charge >= 0.3 is 12.2 Å². The molecule has 0 saturated heterocycles. The third kappa shape index (κ3) is 2.63. The summed E-state index contributed by atoms with van der Waals surface area (Å²) in [6.07, 6.45) is -5.54. The Morgan fingerprint density at radius 2 is 1.75 bits per heavy atom. The van der Waals surface area contributed by atoms with Crippen molar-refractivity contribution in [2.45, 2.75) is 38.5 Å². The first-order valence-corrected chi connectivity index (χ1v) is 4.70. The molecule has 1 aliphatic heterocycles. The number of hydrogen-bond donors (Lipinski definition) is 0. The summed E-state index contributed by atoms with van der Waals surface area (Å²) in [6.45, 7) is 3.00. The summed E-state index contributed by atoms with van der Waals surface area (Å²) in [5.74, 6) is 0. The lowest BCUT2D eigenvalue weighted by atomic mass is 10.2. The highest BCUT2D eigenvalue weighted by atomic mass is 19.4. The molecule has 0 amide bonds. The second kappa shape index (κ2) is 3.87. The lowest BCUT2D eigenvalue weighted by Crippen LogP contribution is -2.52. The third-order valence-corrected chi connectivity index (χ3v) is 2.45. The SMILES string of the molecule is CC1=CC(C)N(C(F)(F)CC(F)(F)F)N1C. The molecule has 1 rings (SSSR count). The molecule has 94 valence electrons. The molecule has 0 aromatic rings. The summed E-state index contributed by atoms with van der Waals surface area (Å²) in [6, 6.07) is -4.68. The number of nitrogens with zero attached hydrogens (tertiary/aromatic N) is 2. The molecular formula is C9H13F5N2. The van der Waals surface area contributed by atoms with Crippen molar-refractivity contribution in [3.05, 3.63) is 11.8 Å². The van der Waals surface area contributed by atoms with Crippen LogP contribution in [-0.4, -0.2) is 35.3 Å². The van der Waals surface area contributed by atoms with Crippen LogP contribution in [0.1, 0.15) is 20.3 Å². The lowest BCUT2D eigenvalue weighted by molar-refractivity contribution is -0.278. The van der Waals surface area contributed by atoms with Crippen molar-refractivity contribution >= 4 is 0 Å². The fraction of sp³-hybridized carbons (Fsp3) is 0.778. The highest BCUT2D eigenvalue weighted by Crippen LogP contribution is 2.38. The third-order valence-electron chi connectivity index (χ3n) is 2.45. The fourth-order valence-corrected chi connectivity index (χ4v) is 1.81. The maximum Gasteiger partial charge on any atom is 0.396 e. The van der Waals surface area contributed by atoms with Gasteiger partial charge in [0.1, 0.15) is 6.42 Å². The molecule has 0 saturated carbocycles. The minimum atomic E-state index is -4.89. The van der Waals surface area contributed by atoms with Crippen LogP contribution in [0.5, 0.6) is 0 Å². The van der Waals surface area contributed by atoms with Gasteiger partial charge in [0, 0.05) is 12.7 Å². The monoisotopic (exact) mass is 244 g/mol. The maximum absolute atomic E-state index is 13.4. The second-order valence-corrected chi connectivity index (χ2v) is 3.87. The molecule has 0 N–H and O–H groups in total. The molecule has 16 heavy (non-hydrogen) atoms. The number of hydrogen-bond acceptors (Lipinski definition) is 2. The lowest BCUT2D eigenvalue weighted by Gasteiger charge is -2.37. The molecule has 0 aromatic carbocycles. The van der Waals surface area contributed by atoms with E-state index >= 15 is 0 Å². The number of rotatable bonds is 2. The maximum atomic E-state index is 13.4. The Bertz CT molecular complexity index is 297. The minimum absolute atomic E-state index is 0.440. The second-order valence-electron chi connectivity index (χ2n) is 3.87. The van der Waals surface area contributed by atoms with E-state index < -0.39 is 24.7 Å². The molecule has 0 fully saturated rings. The Kier molecular flexibility index (Phi) is 3.20. The zero-order valence-electron chi connectivity index (χ0n) is 9.15. The summed E-state index contributed by atoms with van der Waals surface area (Å²) in [5.41, 5.74) is 0.509. The summed E-state index contributed by atoms with van der Waals surface area (Å²) < 4.78 is 62.9. The molecule has 0 aromatic heterocycles. The topological polar surface area (TPSA) is 6.48 Å². The van der Waals surface area contributed by atoms with Crippen LogP contribution in [0.2, 0.25) is 0 Å². The molecule has 0 bridgehead atoms. The smallest absolute Gasteiger partial charge is 0.308 e. The van der Waals surface area contributed by atoms with Crippen molar-refractivity contribution < 1.29 is 22.0 Å². The molecule has 1 unspecified atom stereocenters. The van der Waals surface area contributed by atoms with Crippen LogP contribution in [0.25, 0.3) is 0 Å². The molecule has 1 heterocycles. The summed E-state index contributed by atoms with van der Waals surface area (Å²) in [4.78, 5) is 0. The molecule has 0 spiro atoms. The van der Waals surface area contributed by atoms with Crippen LogP contribution >= 0.6 is 0 Å². The van der Waals surface area contributed by atoms with E-state index in [1.165, 1.54) is 20.0 Å². The van der Waals surface area contributed by atoms with Gasteiger partial charge in [-0.2, -0.15) is 27.0 Å². The largest absolute Gasteiger partial charge is 0.396 e. The number of halogens is 5. The van der Waals surface area contributed by atoms with Gasteiger partial charge in [0.25, 0.3) is 0 Å². The predicted octanol–water partition coefficient (Wildman–Crippen LogP) is 2.99. The van der Waals surface area contributed by atoms with Crippen molar-refractivity contribution in [2.24, 2.45) is 0 Å². The van der Waals surface area contributed by atoms with E-state index in [2.05, 4.69) is 0 Å². The molecule has 1 atom stereocenters. The first kappa shape index (κ1) is 13.2. The van der Waals surface area contributed by atoms with Gasteiger partial charge in [0.2, 0.25) is 0 Å². The zero-order chi connectivity index (χ0) is 12.7. The Labute approximate surface area is 90.3 Å². The highest BCUT2D eigenvalue weighted by molar-refractivity contribution is 5.09. The van der Waals surface area contributed by atoms with E-state index in [0.717, 1.165) is 5.01 Å². The van der Waals surface area contributed by atoms with Gasteiger partial charge < -0.3 is 5.01 Å². The zero-order valence-corrected chi connectivity index (χ0v) is 9.15. The van der Waals surface area contributed by atoms with E-state index in [1.54, 1.807) is 6.92 Å². The molecule has 0 aliphatic carbocycles. The van der Waals surface area contributed by atoms with Crippen LogP contribution in [0.3, 0.4) is 0 Å². The van der Waals surface area contributed by atoms with Gasteiger partial charge in [0.05, 0.1) is 6.04 Å². The van der Waals surface area contributed by atoms with Gasteiger partial charge in [-0.1, -0.05) is 0 Å². The average molecular weight is 244 g/mol. The Hall–Kier alpha value is -0.850. The average Bonchev–Trinajstić information content (AvgIpc) is 2.20. The Balaban J connectivity index is 2.85. The normalized spacial score (nSPS) is 23.9. The summed E-state index contributed by atoms with van der Waals surface area (Å²) in [5, 5.41) is 1.49. The molecular weight excluding hydrogens is 231 g/mol. The van der Waals surface area contributed by atoms with E-state index in [1.807, 2.05) is 0 Å². The molecule has 7 heteroatoms. The summed E-state index contributed by atoms with van der Waals surface area (Å²) in [7, 11) is 1.32. The van der Waals surface area contributed by atoms with Crippen molar-refractivity contribution in [1.82, 2.24) is 10.0 Å². The fourth-order valence-electron chi connectivity index (χ4n) is 1.81. The Morgan fingerprint density at radius 3 is 2.06 bits per heavy atom. The van der Waals surface area contributed by atoms with Crippen LogP contribution in [0.4, 0.5) is 22.0 Å². The van der Waals surface area contributed by atoms with Gasteiger partial charge in [-0.15, -0.1) is 0 Å². The van der Waals surface area contributed by atoms with Crippen molar-refractivity contribution in [1.29, 1.82) is 0 Å². The summed E-state index contributed by atoms with van der Waals surface area (Å²) >= 11 is 0. The van der Waals surface area contributed by atoms with Crippen LogP contribution in [0.15, 0.2) is 11.8 Å². The highest BCUT2D eigenvalue weighted by Gasteiger charge is 2.52. The quantitative estimate of drug-likeness (QED) is 0.544. The van der Waals surface area contributed by atoms with Crippen LogP contribution in [0, 0.1) is 0 Å². The number of alkyl halides is 5. The van der Waals surface area contributed by atoms with E-state index in [4.69, 9.17) is 0 Å². The van der Waals surface area contributed by atoms with Gasteiger partial charge in [-0.05, 0) is 19.9 Å². The van der Waals surface area contributed by atoms with Gasteiger partial charge in [0.15, 0.2) is 0 Å². The van der Waals surface area contributed by atoms with E-state index in [0.29, 0.717) is 10.7 Å². The van der Waals surface area contributed by atoms with Gasteiger partial charge in [-0.25, -0.2) is 0 Å². The first-order chi connectivity index (χ1) is 7.04. The standard InChI is InChI=1S/C9H13F5N2/c1-6-4-7(2)16(15(6)3)9(13,14)5-8(10,11)12/h4,7H,5H2,1-3H3. The van der Waals surface area contributed by atoms with Crippen molar-refractivity contribution in [2.75, 3.05) is 7.05 Å². The van der Waals surface area contributed by atoms with E-state index in [-0.39, 0.29) is 0 Å². The number of hydrazine groups is 1. The predicted molar refractivity (Wildman–Crippen MR) is 48.4 cm³/mol. The Morgan fingerprint density at radius 1 is 1.25 bits per heavy atom. The first-order valence-electron chi connectivity index (χ1n) is 4.70. The van der Waals surface area contributed by atoms with Crippen LogP contribution < -0.4 is 0 Å². The van der Waals surface area contributed by atoms with E-state index in [9.17, 15) is 22.0 Å². The number of allylic oxidation sites excluding steroid dienone is 1. The van der Waals surface area contributed by atoms with Crippen molar-refractivity contribution in [3.63, 3.8) is 0 Å².